The lowest BCUT2D eigenvalue weighted by molar-refractivity contribution is -0.0668. The Morgan fingerprint density at radius 2 is 2.18 bits per heavy atom. The third kappa shape index (κ3) is 2.55. The van der Waals surface area contributed by atoms with Crippen LogP contribution >= 0.6 is 22.6 Å². The number of aliphatic hydroxyl groups is 1. The van der Waals surface area contributed by atoms with Gasteiger partial charge in [0.1, 0.15) is 5.75 Å². The molecule has 0 bridgehead atoms. The fourth-order valence-electron chi connectivity index (χ4n) is 1.90. The van der Waals surface area contributed by atoms with Gasteiger partial charge in [0.2, 0.25) is 0 Å². The highest BCUT2D eigenvalue weighted by atomic mass is 127. The Balaban J connectivity index is 2.13. The van der Waals surface area contributed by atoms with Gasteiger partial charge in [-0.15, -0.1) is 0 Å². The molecule has 2 rings (SSSR count). The molecule has 0 radical (unpaired) electrons. The molecule has 0 spiro atoms. The molecule has 0 aromatic heterocycles. The average molecular weight is 347 g/mol. The number of hydrogen-bond donors (Lipinski definition) is 1. The topological polar surface area (TPSA) is 49.8 Å². The molecule has 5 heteroatoms. The zero-order valence-electron chi connectivity index (χ0n) is 9.74. The number of carbonyl (C=O) groups excluding carboxylic acids is 1. The van der Waals surface area contributed by atoms with Gasteiger partial charge in [-0.2, -0.15) is 0 Å². The molecule has 1 aromatic carbocycles. The normalized spacial score (nSPS) is 17.5. The summed E-state index contributed by atoms with van der Waals surface area (Å²) in [5, 5.41) is 9.60. The summed E-state index contributed by atoms with van der Waals surface area (Å²) in [7, 11) is 1.60. The zero-order chi connectivity index (χ0) is 12.6. The Morgan fingerprint density at radius 3 is 2.65 bits per heavy atom. The molecule has 1 amide bonds. The first-order valence-electron chi connectivity index (χ1n) is 5.28. The summed E-state index contributed by atoms with van der Waals surface area (Å²) in [6, 6.07) is 5.33. The van der Waals surface area contributed by atoms with Crippen LogP contribution in [0, 0.1) is 3.57 Å². The maximum absolute atomic E-state index is 12.0. The van der Waals surface area contributed by atoms with Gasteiger partial charge in [-0.05, 0) is 47.7 Å². The van der Waals surface area contributed by atoms with Gasteiger partial charge in [0.15, 0.2) is 0 Å². The van der Waals surface area contributed by atoms with Crippen LogP contribution in [-0.2, 0) is 0 Å². The van der Waals surface area contributed by atoms with E-state index in [4.69, 9.17) is 4.74 Å². The van der Waals surface area contributed by atoms with Crippen molar-refractivity contribution in [3.8, 4) is 5.75 Å². The van der Waals surface area contributed by atoms with Crippen molar-refractivity contribution in [2.24, 2.45) is 0 Å². The van der Waals surface area contributed by atoms with Gasteiger partial charge in [0, 0.05) is 5.56 Å². The summed E-state index contributed by atoms with van der Waals surface area (Å²) in [6.07, 6.45) is 0. The summed E-state index contributed by atoms with van der Waals surface area (Å²) in [5.74, 6) is 0.717. The van der Waals surface area contributed by atoms with Gasteiger partial charge in [0.05, 0.1) is 29.4 Å². The van der Waals surface area contributed by atoms with Gasteiger partial charge < -0.3 is 14.7 Å². The fourth-order valence-corrected chi connectivity index (χ4v) is 2.64. The highest BCUT2D eigenvalue weighted by Gasteiger charge is 2.39. The smallest absolute Gasteiger partial charge is 0.254 e. The molecular formula is C12H14INO3. The first kappa shape index (κ1) is 12.6. The average Bonchev–Trinajstić information content (AvgIpc) is 2.24. The molecule has 0 unspecified atom stereocenters. The Labute approximate surface area is 114 Å². The van der Waals surface area contributed by atoms with Crippen molar-refractivity contribution in [1.82, 2.24) is 4.90 Å². The minimum absolute atomic E-state index is 0.0444. The van der Waals surface area contributed by atoms with Crippen LogP contribution in [0.15, 0.2) is 18.2 Å². The fraction of sp³-hybridized carbons (Fsp3) is 0.417. The molecule has 1 saturated heterocycles. The predicted molar refractivity (Wildman–Crippen MR) is 72.2 cm³/mol. The minimum atomic E-state index is -0.727. The van der Waals surface area contributed by atoms with Crippen molar-refractivity contribution < 1.29 is 14.6 Å². The van der Waals surface area contributed by atoms with Gasteiger partial charge in [0.25, 0.3) is 5.91 Å². The number of benzene rings is 1. The number of rotatable bonds is 2. The maximum Gasteiger partial charge on any atom is 0.254 e. The lowest BCUT2D eigenvalue weighted by Crippen LogP contribution is -2.61. The summed E-state index contributed by atoms with van der Waals surface area (Å²) in [4.78, 5) is 13.7. The Hall–Kier alpha value is -0.820. The van der Waals surface area contributed by atoms with Crippen LogP contribution in [0.25, 0.3) is 0 Å². The van der Waals surface area contributed by atoms with Crippen LogP contribution < -0.4 is 4.74 Å². The second-order valence-electron chi connectivity index (χ2n) is 4.51. The maximum atomic E-state index is 12.0. The van der Waals surface area contributed by atoms with E-state index in [2.05, 4.69) is 22.6 Å². The number of likely N-dealkylation sites (tertiary alicyclic amines) is 1. The Bertz CT molecular complexity index is 451. The van der Waals surface area contributed by atoms with E-state index in [9.17, 15) is 9.90 Å². The largest absolute Gasteiger partial charge is 0.496 e. The van der Waals surface area contributed by atoms with Gasteiger partial charge in [-0.1, -0.05) is 0 Å². The number of nitrogens with zero attached hydrogens (tertiary/aromatic N) is 1. The lowest BCUT2D eigenvalue weighted by Gasteiger charge is -2.44. The monoisotopic (exact) mass is 347 g/mol. The van der Waals surface area contributed by atoms with Crippen molar-refractivity contribution in [2.75, 3.05) is 20.2 Å². The summed E-state index contributed by atoms with van der Waals surface area (Å²) in [6.45, 7) is 2.53. The molecule has 17 heavy (non-hydrogen) atoms. The molecule has 0 saturated carbocycles. The predicted octanol–water partition coefficient (Wildman–Crippen LogP) is 1.51. The number of halogens is 1. The van der Waals surface area contributed by atoms with E-state index >= 15 is 0 Å². The molecule has 0 atom stereocenters. The van der Waals surface area contributed by atoms with E-state index in [0.717, 1.165) is 9.32 Å². The zero-order valence-corrected chi connectivity index (χ0v) is 11.9. The standard InChI is InChI=1S/C12H14INO3/c1-12(16)6-14(7-12)11(15)8-3-4-10(17-2)9(13)5-8/h3-5,16H,6-7H2,1-2H3. The quantitative estimate of drug-likeness (QED) is 0.826. The van der Waals surface area contributed by atoms with Crippen LogP contribution in [0.3, 0.4) is 0 Å². The van der Waals surface area contributed by atoms with Crippen molar-refractivity contribution >= 4 is 28.5 Å². The van der Waals surface area contributed by atoms with E-state index < -0.39 is 5.60 Å². The molecule has 0 aliphatic carbocycles. The van der Waals surface area contributed by atoms with Crippen LogP contribution in [0.4, 0.5) is 0 Å². The second-order valence-corrected chi connectivity index (χ2v) is 5.67. The first-order valence-corrected chi connectivity index (χ1v) is 6.36. The van der Waals surface area contributed by atoms with E-state index in [1.165, 1.54) is 0 Å². The lowest BCUT2D eigenvalue weighted by atomic mass is 9.96. The molecule has 1 heterocycles. The van der Waals surface area contributed by atoms with Gasteiger partial charge in [-0.3, -0.25) is 4.79 Å². The molecule has 4 nitrogen and oxygen atoms in total. The number of ether oxygens (including phenoxy) is 1. The number of amides is 1. The van der Waals surface area contributed by atoms with Crippen molar-refractivity contribution in [1.29, 1.82) is 0 Å². The summed E-state index contributed by atoms with van der Waals surface area (Å²) < 4.78 is 6.05. The summed E-state index contributed by atoms with van der Waals surface area (Å²) >= 11 is 2.13. The third-order valence-electron chi connectivity index (χ3n) is 2.75. The van der Waals surface area contributed by atoms with Crippen LogP contribution in [-0.4, -0.2) is 41.7 Å². The number of hydrogen-bond acceptors (Lipinski definition) is 3. The highest BCUT2D eigenvalue weighted by Crippen LogP contribution is 2.25. The molecule has 1 N–H and O–H groups in total. The third-order valence-corrected chi connectivity index (χ3v) is 3.59. The molecule has 1 fully saturated rings. The van der Waals surface area contributed by atoms with Crippen LogP contribution in [0.5, 0.6) is 5.75 Å². The number of carbonyl (C=O) groups is 1. The molecule has 1 aliphatic heterocycles. The second kappa shape index (κ2) is 4.45. The van der Waals surface area contributed by atoms with Crippen molar-refractivity contribution in [3.05, 3.63) is 27.3 Å². The Morgan fingerprint density at radius 1 is 1.53 bits per heavy atom. The van der Waals surface area contributed by atoms with Gasteiger partial charge in [-0.25, -0.2) is 0 Å². The van der Waals surface area contributed by atoms with Gasteiger partial charge >= 0.3 is 0 Å². The summed E-state index contributed by atoms with van der Waals surface area (Å²) in [5.41, 5.74) is -0.0966. The molecule has 1 aromatic rings. The van der Waals surface area contributed by atoms with E-state index in [0.29, 0.717) is 18.7 Å². The number of β-amino-alcohol motifs (C(OH)–C–C–N with tert-alkyl or cyclic N) is 1. The SMILES string of the molecule is COc1ccc(C(=O)N2CC(C)(O)C2)cc1I. The molecule has 1 aliphatic rings. The number of methoxy groups -OCH3 is 1. The first-order chi connectivity index (χ1) is 7.93. The van der Waals surface area contributed by atoms with Crippen LogP contribution in [0.1, 0.15) is 17.3 Å². The van der Waals surface area contributed by atoms with E-state index in [-0.39, 0.29) is 5.91 Å². The minimum Gasteiger partial charge on any atom is -0.496 e. The Kier molecular flexibility index (Phi) is 3.31. The molecule has 92 valence electrons. The van der Waals surface area contributed by atoms with Crippen molar-refractivity contribution in [3.63, 3.8) is 0 Å². The van der Waals surface area contributed by atoms with E-state index in [1.807, 2.05) is 0 Å². The molecular weight excluding hydrogens is 333 g/mol. The van der Waals surface area contributed by atoms with Crippen molar-refractivity contribution in [2.45, 2.75) is 12.5 Å². The highest BCUT2D eigenvalue weighted by molar-refractivity contribution is 14.1. The van der Waals surface area contributed by atoms with E-state index in [1.54, 1.807) is 37.1 Å². The van der Waals surface area contributed by atoms with Crippen LogP contribution in [0.2, 0.25) is 0 Å².